The van der Waals surface area contributed by atoms with Crippen molar-refractivity contribution in [2.24, 2.45) is 4.99 Å². The lowest BCUT2D eigenvalue weighted by Gasteiger charge is -2.11. The SMILES string of the molecule is CCC1N=COC1CC. The molecule has 0 aliphatic carbocycles. The second-order valence-corrected chi connectivity index (χ2v) is 2.31. The highest BCUT2D eigenvalue weighted by Gasteiger charge is 2.21. The normalized spacial score (nSPS) is 32.7. The largest absolute Gasteiger partial charge is 0.478 e. The van der Waals surface area contributed by atoms with Crippen molar-refractivity contribution in [3.63, 3.8) is 0 Å². The van der Waals surface area contributed by atoms with Crippen LogP contribution in [0.15, 0.2) is 4.99 Å². The van der Waals surface area contributed by atoms with Gasteiger partial charge in [0.05, 0.1) is 6.04 Å². The van der Waals surface area contributed by atoms with Crippen molar-refractivity contribution in [3.8, 4) is 0 Å². The van der Waals surface area contributed by atoms with Crippen LogP contribution < -0.4 is 0 Å². The molecule has 1 heterocycles. The molecule has 2 atom stereocenters. The third kappa shape index (κ3) is 1.23. The Morgan fingerprint density at radius 3 is 2.67 bits per heavy atom. The summed E-state index contributed by atoms with van der Waals surface area (Å²) >= 11 is 0. The van der Waals surface area contributed by atoms with Crippen LogP contribution in [0.2, 0.25) is 0 Å². The van der Waals surface area contributed by atoms with Gasteiger partial charge in [0.2, 0.25) is 0 Å². The van der Waals surface area contributed by atoms with Gasteiger partial charge in [-0.05, 0) is 12.8 Å². The Labute approximate surface area is 55.9 Å². The molecule has 2 heteroatoms. The molecule has 2 nitrogen and oxygen atoms in total. The summed E-state index contributed by atoms with van der Waals surface area (Å²) in [4.78, 5) is 4.16. The molecule has 0 radical (unpaired) electrons. The predicted octanol–water partition coefficient (Wildman–Crippen LogP) is 1.60. The average molecular weight is 127 g/mol. The molecule has 1 aliphatic rings. The molecule has 0 aromatic carbocycles. The van der Waals surface area contributed by atoms with Gasteiger partial charge in [0.25, 0.3) is 0 Å². The highest BCUT2D eigenvalue weighted by Crippen LogP contribution is 2.14. The van der Waals surface area contributed by atoms with E-state index in [-0.39, 0.29) is 0 Å². The van der Waals surface area contributed by atoms with Gasteiger partial charge in [0.15, 0.2) is 6.40 Å². The molecule has 0 spiro atoms. The fraction of sp³-hybridized carbons (Fsp3) is 0.857. The summed E-state index contributed by atoms with van der Waals surface area (Å²) in [5.74, 6) is 0. The third-order valence-corrected chi connectivity index (χ3v) is 1.74. The molecule has 1 aliphatic heterocycles. The first-order chi connectivity index (χ1) is 4.38. The van der Waals surface area contributed by atoms with Crippen LogP contribution in [0.4, 0.5) is 0 Å². The lowest BCUT2D eigenvalue weighted by Crippen LogP contribution is -2.19. The van der Waals surface area contributed by atoms with E-state index in [1.54, 1.807) is 6.40 Å². The second-order valence-electron chi connectivity index (χ2n) is 2.31. The van der Waals surface area contributed by atoms with Crippen molar-refractivity contribution in [3.05, 3.63) is 0 Å². The van der Waals surface area contributed by atoms with Crippen molar-refractivity contribution in [1.29, 1.82) is 0 Å². The minimum absolute atomic E-state index is 0.356. The zero-order valence-corrected chi connectivity index (χ0v) is 6.00. The standard InChI is InChI=1S/C7H13NO/c1-3-6-7(4-2)9-5-8-6/h5-7H,3-4H2,1-2H3. The summed E-state index contributed by atoms with van der Waals surface area (Å²) in [7, 11) is 0. The molecule has 2 unspecified atom stereocenters. The van der Waals surface area contributed by atoms with Crippen LogP contribution in [-0.4, -0.2) is 18.5 Å². The molecule has 9 heavy (non-hydrogen) atoms. The fourth-order valence-electron chi connectivity index (χ4n) is 1.11. The molecule has 0 bridgehead atoms. The van der Waals surface area contributed by atoms with Crippen LogP contribution in [0.3, 0.4) is 0 Å². The van der Waals surface area contributed by atoms with Crippen LogP contribution in [0.5, 0.6) is 0 Å². The van der Waals surface area contributed by atoms with Crippen molar-refractivity contribution >= 4 is 6.40 Å². The van der Waals surface area contributed by atoms with Gasteiger partial charge < -0.3 is 4.74 Å². The van der Waals surface area contributed by atoms with E-state index in [1.807, 2.05) is 0 Å². The van der Waals surface area contributed by atoms with Gasteiger partial charge in [-0.15, -0.1) is 0 Å². The minimum Gasteiger partial charge on any atom is -0.478 e. The van der Waals surface area contributed by atoms with E-state index in [0.717, 1.165) is 12.8 Å². The first-order valence-corrected chi connectivity index (χ1v) is 3.55. The maximum atomic E-state index is 5.21. The predicted molar refractivity (Wildman–Crippen MR) is 37.7 cm³/mol. The molecule has 0 fully saturated rings. The summed E-state index contributed by atoms with van der Waals surface area (Å²) in [5.41, 5.74) is 0. The van der Waals surface area contributed by atoms with Crippen LogP contribution in [0.25, 0.3) is 0 Å². The van der Waals surface area contributed by atoms with Crippen LogP contribution in [-0.2, 0) is 4.74 Å². The van der Waals surface area contributed by atoms with Crippen molar-refractivity contribution in [2.45, 2.75) is 38.8 Å². The Hall–Kier alpha value is -0.530. The third-order valence-electron chi connectivity index (χ3n) is 1.74. The molecule has 0 saturated carbocycles. The van der Waals surface area contributed by atoms with Gasteiger partial charge in [-0.3, -0.25) is 4.99 Å². The molecular formula is C7H13NO. The quantitative estimate of drug-likeness (QED) is 0.552. The average Bonchev–Trinajstić information content (AvgIpc) is 2.33. The topological polar surface area (TPSA) is 21.6 Å². The van der Waals surface area contributed by atoms with E-state index in [0.29, 0.717) is 12.1 Å². The number of aliphatic imine (C=N–C) groups is 1. The maximum absolute atomic E-state index is 5.21. The second kappa shape index (κ2) is 2.85. The van der Waals surface area contributed by atoms with E-state index in [9.17, 15) is 0 Å². The summed E-state index contributed by atoms with van der Waals surface area (Å²) < 4.78 is 5.21. The highest BCUT2D eigenvalue weighted by atomic mass is 16.5. The van der Waals surface area contributed by atoms with Gasteiger partial charge in [-0.1, -0.05) is 13.8 Å². The molecule has 0 aromatic heterocycles. The Morgan fingerprint density at radius 2 is 2.22 bits per heavy atom. The zero-order chi connectivity index (χ0) is 6.69. The molecule has 52 valence electrons. The zero-order valence-electron chi connectivity index (χ0n) is 6.00. The summed E-state index contributed by atoms with van der Waals surface area (Å²) in [6, 6.07) is 0.426. The van der Waals surface area contributed by atoms with Gasteiger partial charge >= 0.3 is 0 Å². The van der Waals surface area contributed by atoms with Gasteiger partial charge in [0, 0.05) is 0 Å². The monoisotopic (exact) mass is 127 g/mol. The number of ether oxygens (including phenoxy) is 1. The van der Waals surface area contributed by atoms with E-state index < -0.39 is 0 Å². The Bertz CT molecular complexity index is 111. The molecule has 0 amide bonds. The Kier molecular flexibility index (Phi) is 2.09. The fourth-order valence-corrected chi connectivity index (χ4v) is 1.11. The van der Waals surface area contributed by atoms with Gasteiger partial charge in [-0.2, -0.15) is 0 Å². The highest BCUT2D eigenvalue weighted by molar-refractivity contribution is 5.49. The summed E-state index contributed by atoms with van der Waals surface area (Å²) in [5, 5.41) is 0. The number of hydrogen-bond donors (Lipinski definition) is 0. The number of nitrogens with zero attached hydrogens (tertiary/aromatic N) is 1. The first-order valence-electron chi connectivity index (χ1n) is 3.55. The Balaban J connectivity index is 2.39. The number of rotatable bonds is 2. The molecule has 0 N–H and O–H groups in total. The van der Waals surface area contributed by atoms with Crippen molar-refractivity contribution in [2.75, 3.05) is 0 Å². The summed E-state index contributed by atoms with van der Waals surface area (Å²) in [6.45, 7) is 4.27. The molecular weight excluding hydrogens is 114 g/mol. The minimum atomic E-state index is 0.356. The van der Waals surface area contributed by atoms with Crippen molar-refractivity contribution < 1.29 is 4.74 Å². The lowest BCUT2D eigenvalue weighted by atomic mass is 10.1. The smallest absolute Gasteiger partial charge is 0.170 e. The first kappa shape index (κ1) is 6.59. The van der Waals surface area contributed by atoms with Crippen molar-refractivity contribution in [1.82, 2.24) is 0 Å². The molecule has 0 aromatic rings. The molecule has 0 saturated heterocycles. The van der Waals surface area contributed by atoms with Crippen LogP contribution in [0.1, 0.15) is 26.7 Å². The molecule has 1 rings (SSSR count). The van der Waals surface area contributed by atoms with E-state index in [2.05, 4.69) is 18.8 Å². The van der Waals surface area contributed by atoms with Gasteiger partial charge in [0.1, 0.15) is 6.10 Å². The van der Waals surface area contributed by atoms with Crippen LogP contribution in [0, 0.1) is 0 Å². The van der Waals surface area contributed by atoms with E-state index >= 15 is 0 Å². The number of hydrogen-bond acceptors (Lipinski definition) is 2. The van der Waals surface area contributed by atoms with Crippen LogP contribution >= 0.6 is 0 Å². The van der Waals surface area contributed by atoms with E-state index in [1.165, 1.54) is 0 Å². The van der Waals surface area contributed by atoms with E-state index in [4.69, 9.17) is 4.74 Å². The van der Waals surface area contributed by atoms with Gasteiger partial charge in [-0.25, -0.2) is 0 Å². The summed E-state index contributed by atoms with van der Waals surface area (Å²) in [6.07, 6.45) is 4.10. The Morgan fingerprint density at radius 1 is 1.44 bits per heavy atom. The maximum Gasteiger partial charge on any atom is 0.170 e. The lowest BCUT2D eigenvalue weighted by molar-refractivity contribution is 0.192.